The zero-order valence-corrected chi connectivity index (χ0v) is 18.1. The van der Waals surface area contributed by atoms with Crippen molar-refractivity contribution in [2.45, 2.75) is 30.3 Å². The Balaban J connectivity index is 1.62. The van der Waals surface area contributed by atoms with Crippen molar-refractivity contribution in [2.24, 2.45) is 5.92 Å². The molecular weight excluding hydrogens is 422 g/mol. The lowest BCUT2D eigenvalue weighted by molar-refractivity contribution is -0.127. The highest BCUT2D eigenvalue weighted by Crippen LogP contribution is 2.61. The van der Waals surface area contributed by atoms with Crippen molar-refractivity contribution in [3.05, 3.63) is 94.8 Å². The van der Waals surface area contributed by atoms with Gasteiger partial charge in [-0.25, -0.2) is 0 Å². The summed E-state index contributed by atoms with van der Waals surface area (Å²) >= 11 is 6.18. The van der Waals surface area contributed by atoms with E-state index in [4.69, 9.17) is 11.6 Å². The molecule has 2 aromatic carbocycles. The molecule has 3 aromatic rings. The number of rotatable bonds is 3. The monoisotopic (exact) mass is 443 g/mol. The first-order valence-corrected chi connectivity index (χ1v) is 11.4. The molecule has 0 aliphatic carbocycles. The van der Waals surface area contributed by atoms with Gasteiger partial charge in [0.15, 0.2) is 5.78 Å². The number of amides is 1. The van der Waals surface area contributed by atoms with Gasteiger partial charge in [0.05, 0.1) is 5.92 Å². The second kappa shape index (κ2) is 7.26. The maximum atomic E-state index is 14.2. The largest absolute Gasteiger partial charge is 0.324 e. The number of anilines is 1. The number of carbonyl (C=O) groups excluding carboxylic acids is 2. The third kappa shape index (κ3) is 2.58. The van der Waals surface area contributed by atoms with Gasteiger partial charge in [-0.05, 0) is 55.3 Å². The number of pyridine rings is 1. The molecule has 4 atom stereocenters. The summed E-state index contributed by atoms with van der Waals surface area (Å²) in [6.07, 6.45) is 3.57. The van der Waals surface area contributed by atoms with Crippen LogP contribution in [0.3, 0.4) is 0 Å². The SMILES string of the molecule is O=C(c1ccccn1)[C@@H]1[C@@H](c2ccc(Cl)cc2)[C@@H]2CCCN2[C@]12C(=O)Nc1ccccc12. The Morgan fingerprint density at radius 2 is 1.84 bits per heavy atom. The van der Waals surface area contributed by atoms with Gasteiger partial charge in [0.25, 0.3) is 0 Å². The summed E-state index contributed by atoms with van der Waals surface area (Å²) in [4.78, 5) is 34.6. The van der Waals surface area contributed by atoms with Crippen LogP contribution >= 0.6 is 11.6 Å². The highest BCUT2D eigenvalue weighted by molar-refractivity contribution is 6.30. The van der Waals surface area contributed by atoms with Crippen molar-refractivity contribution in [3.8, 4) is 0 Å². The van der Waals surface area contributed by atoms with Crippen LogP contribution in [0.2, 0.25) is 5.02 Å². The molecule has 1 aromatic heterocycles. The van der Waals surface area contributed by atoms with E-state index in [2.05, 4.69) is 15.2 Å². The van der Waals surface area contributed by atoms with Gasteiger partial charge < -0.3 is 5.32 Å². The van der Waals surface area contributed by atoms with E-state index >= 15 is 0 Å². The first-order valence-electron chi connectivity index (χ1n) is 11.0. The zero-order valence-electron chi connectivity index (χ0n) is 17.4. The molecule has 2 saturated heterocycles. The number of nitrogens with zero attached hydrogens (tertiary/aromatic N) is 2. The first kappa shape index (κ1) is 19.6. The smallest absolute Gasteiger partial charge is 0.250 e. The average Bonchev–Trinajstić information content (AvgIpc) is 3.48. The van der Waals surface area contributed by atoms with E-state index in [-0.39, 0.29) is 23.7 Å². The summed E-state index contributed by atoms with van der Waals surface area (Å²) in [5, 5.41) is 3.74. The van der Waals surface area contributed by atoms with Crippen molar-refractivity contribution >= 4 is 29.0 Å². The van der Waals surface area contributed by atoms with Crippen LogP contribution in [0.5, 0.6) is 0 Å². The van der Waals surface area contributed by atoms with Crippen molar-refractivity contribution in [1.82, 2.24) is 9.88 Å². The number of fused-ring (bicyclic) bond motifs is 4. The van der Waals surface area contributed by atoms with Gasteiger partial charge in [-0.3, -0.25) is 19.5 Å². The molecular formula is C26H22ClN3O2. The average molecular weight is 444 g/mol. The lowest BCUT2D eigenvalue weighted by Gasteiger charge is -2.36. The van der Waals surface area contributed by atoms with Crippen LogP contribution in [0.4, 0.5) is 5.69 Å². The van der Waals surface area contributed by atoms with Gasteiger partial charge in [0.2, 0.25) is 5.91 Å². The Kier molecular flexibility index (Phi) is 4.46. The van der Waals surface area contributed by atoms with Crippen LogP contribution in [-0.2, 0) is 10.3 Å². The second-order valence-electron chi connectivity index (χ2n) is 8.80. The lowest BCUT2D eigenvalue weighted by Crippen LogP contribution is -2.53. The molecule has 3 aliphatic rings. The number of halogens is 1. The summed E-state index contributed by atoms with van der Waals surface area (Å²) < 4.78 is 0. The van der Waals surface area contributed by atoms with Crippen LogP contribution in [0, 0.1) is 5.92 Å². The quantitative estimate of drug-likeness (QED) is 0.599. The summed E-state index contributed by atoms with van der Waals surface area (Å²) in [5.41, 5.74) is 2.07. The first-order chi connectivity index (χ1) is 15.6. The summed E-state index contributed by atoms with van der Waals surface area (Å²) in [7, 11) is 0. The van der Waals surface area contributed by atoms with Gasteiger partial charge >= 0.3 is 0 Å². The van der Waals surface area contributed by atoms with E-state index < -0.39 is 11.5 Å². The zero-order chi connectivity index (χ0) is 21.9. The number of ketones is 1. The van der Waals surface area contributed by atoms with Gasteiger partial charge in [0, 0.05) is 34.4 Å². The number of hydrogen-bond acceptors (Lipinski definition) is 4. The third-order valence-corrected chi connectivity index (χ3v) is 7.61. The van der Waals surface area contributed by atoms with Crippen LogP contribution in [0.25, 0.3) is 0 Å². The Labute approximate surface area is 191 Å². The summed E-state index contributed by atoms with van der Waals surface area (Å²) in [6, 6.07) is 21.0. The molecule has 4 heterocycles. The highest BCUT2D eigenvalue weighted by atomic mass is 35.5. The summed E-state index contributed by atoms with van der Waals surface area (Å²) in [5.74, 6) is -0.933. The Hall–Kier alpha value is -3.02. The molecule has 0 unspecified atom stereocenters. The number of para-hydroxylation sites is 1. The van der Waals surface area contributed by atoms with Crippen LogP contribution in [0.15, 0.2) is 72.9 Å². The molecule has 5 nitrogen and oxygen atoms in total. The molecule has 1 amide bonds. The number of hydrogen-bond donors (Lipinski definition) is 1. The fraction of sp³-hybridized carbons (Fsp3) is 0.269. The molecule has 160 valence electrons. The van der Waals surface area contributed by atoms with Crippen molar-refractivity contribution in [2.75, 3.05) is 11.9 Å². The molecule has 2 fully saturated rings. The van der Waals surface area contributed by atoms with Gasteiger partial charge in [-0.2, -0.15) is 0 Å². The topological polar surface area (TPSA) is 62.3 Å². The molecule has 6 rings (SSSR count). The maximum Gasteiger partial charge on any atom is 0.250 e. The Morgan fingerprint density at radius 1 is 1.06 bits per heavy atom. The highest BCUT2D eigenvalue weighted by Gasteiger charge is 2.69. The number of nitrogens with one attached hydrogen (secondary N) is 1. The molecule has 0 radical (unpaired) electrons. The second-order valence-corrected chi connectivity index (χ2v) is 9.24. The van der Waals surface area contributed by atoms with Crippen molar-refractivity contribution < 1.29 is 9.59 Å². The molecule has 1 spiro atoms. The van der Waals surface area contributed by atoms with E-state index in [9.17, 15) is 9.59 Å². The molecule has 1 N–H and O–H groups in total. The molecule has 0 bridgehead atoms. The number of carbonyl (C=O) groups is 2. The Bertz CT molecular complexity index is 1210. The number of Topliss-reactive ketones (excluding diaryl/α,β-unsaturated/α-hetero) is 1. The predicted molar refractivity (Wildman–Crippen MR) is 123 cm³/mol. The number of benzene rings is 2. The van der Waals surface area contributed by atoms with E-state index in [1.807, 2.05) is 54.6 Å². The van der Waals surface area contributed by atoms with E-state index in [0.29, 0.717) is 10.7 Å². The van der Waals surface area contributed by atoms with Gasteiger partial charge in [0.1, 0.15) is 11.2 Å². The minimum absolute atomic E-state index is 0.0887. The van der Waals surface area contributed by atoms with Crippen LogP contribution < -0.4 is 5.32 Å². The van der Waals surface area contributed by atoms with Crippen molar-refractivity contribution in [1.29, 1.82) is 0 Å². The van der Waals surface area contributed by atoms with Crippen LogP contribution in [0.1, 0.15) is 40.4 Å². The van der Waals surface area contributed by atoms with Gasteiger partial charge in [-0.15, -0.1) is 0 Å². The maximum absolute atomic E-state index is 14.2. The fourth-order valence-corrected chi connectivity index (χ4v) is 6.37. The minimum Gasteiger partial charge on any atom is -0.324 e. The Morgan fingerprint density at radius 3 is 2.62 bits per heavy atom. The lowest BCUT2D eigenvalue weighted by atomic mass is 9.69. The normalized spacial score (nSPS) is 28.5. The van der Waals surface area contributed by atoms with E-state index in [1.165, 1.54) is 0 Å². The molecule has 6 heteroatoms. The van der Waals surface area contributed by atoms with Crippen molar-refractivity contribution in [3.63, 3.8) is 0 Å². The third-order valence-electron chi connectivity index (χ3n) is 7.36. The van der Waals surface area contributed by atoms with Gasteiger partial charge in [-0.1, -0.05) is 48.0 Å². The minimum atomic E-state index is -1.04. The fourth-order valence-electron chi connectivity index (χ4n) is 6.24. The standard InChI is InChI=1S/C26H22ClN3O2/c27-17-12-10-16(11-13-17)22-21-9-5-15-30(21)26(18-6-1-2-7-19(18)29-25(26)32)23(22)24(31)20-8-3-4-14-28-20/h1-4,6-8,10-14,21-23H,5,9,15H2,(H,29,32)/t21-,22-,23-,26-/m0/s1. The summed E-state index contributed by atoms with van der Waals surface area (Å²) in [6.45, 7) is 0.780. The molecule has 32 heavy (non-hydrogen) atoms. The van der Waals surface area contributed by atoms with E-state index in [0.717, 1.165) is 36.2 Å². The number of aromatic nitrogens is 1. The molecule has 3 aliphatic heterocycles. The van der Waals surface area contributed by atoms with Crippen LogP contribution in [-0.4, -0.2) is 34.2 Å². The predicted octanol–water partition coefficient (Wildman–Crippen LogP) is 4.64. The molecule has 0 saturated carbocycles. The van der Waals surface area contributed by atoms with E-state index in [1.54, 1.807) is 18.3 Å².